The van der Waals surface area contributed by atoms with Gasteiger partial charge in [-0.2, -0.15) is 0 Å². The van der Waals surface area contributed by atoms with Crippen LogP contribution in [-0.2, 0) is 9.53 Å². The normalized spacial score (nSPS) is 36.6. The summed E-state index contributed by atoms with van der Waals surface area (Å²) in [5, 5.41) is 5.61. The van der Waals surface area contributed by atoms with E-state index >= 15 is 0 Å². The molecule has 0 spiro atoms. The molecular weight excluding hydrogens is 284 g/mol. The van der Waals surface area contributed by atoms with Crippen LogP contribution in [0.2, 0.25) is 0 Å². The number of hydrogen-bond acceptors (Lipinski definition) is 4. The first-order chi connectivity index (χ1) is 9.97. The van der Waals surface area contributed by atoms with Crippen molar-refractivity contribution in [2.45, 2.75) is 57.3 Å². The Hall–Kier alpha value is -0.910. The van der Waals surface area contributed by atoms with Gasteiger partial charge in [-0.15, -0.1) is 11.3 Å². The van der Waals surface area contributed by atoms with E-state index in [4.69, 9.17) is 4.74 Å². The molecule has 0 aromatic carbocycles. The zero-order valence-corrected chi connectivity index (χ0v) is 13.8. The van der Waals surface area contributed by atoms with Crippen LogP contribution in [0, 0.1) is 0 Å². The molecule has 21 heavy (non-hydrogen) atoms. The molecule has 3 rings (SSSR count). The second kappa shape index (κ2) is 5.38. The quantitative estimate of drug-likeness (QED) is 0.930. The van der Waals surface area contributed by atoms with Crippen molar-refractivity contribution in [2.24, 2.45) is 0 Å². The fourth-order valence-electron chi connectivity index (χ4n) is 3.29. The minimum atomic E-state index is -0.469. The highest BCUT2D eigenvalue weighted by molar-refractivity contribution is 7.10. The second-order valence-electron chi connectivity index (χ2n) is 6.58. The molecule has 1 aromatic heterocycles. The molecule has 2 aliphatic rings. The maximum absolute atomic E-state index is 12.9. The van der Waals surface area contributed by atoms with Crippen molar-refractivity contribution < 1.29 is 9.53 Å². The van der Waals surface area contributed by atoms with E-state index in [0.29, 0.717) is 6.54 Å². The van der Waals surface area contributed by atoms with Gasteiger partial charge in [0.15, 0.2) is 0 Å². The van der Waals surface area contributed by atoms with Crippen LogP contribution >= 0.6 is 11.3 Å². The van der Waals surface area contributed by atoms with Gasteiger partial charge in [-0.3, -0.25) is 10.1 Å². The minimum Gasteiger partial charge on any atom is -0.373 e. The van der Waals surface area contributed by atoms with Crippen molar-refractivity contribution in [1.29, 1.82) is 0 Å². The molecular formula is C16H24N2O2S. The molecule has 3 heterocycles. The van der Waals surface area contributed by atoms with Crippen LogP contribution in [0.1, 0.15) is 51.1 Å². The fraction of sp³-hybridized carbons (Fsp3) is 0.688. The minimum absolute atomic E-state index is 0.0246. The molecule has 2 aliphatic heterocycles. The van der Waals surface area contributed by atoms with Crippen LogP contribution in [0.4, 0.5) is 0 Å². The van der Waals surface area contributed by atoms with Gasteiger partial charge >= 0.3 is 0 Å². The van der Waals surface area contributed by atoms with E-state index in [0.717, 1.165) is 25.9 Å². The molecule has 2 saturated heterocycles. The molecule has 1 amide bonds. The van der Waals surface area contributed by atoms with Gasteiger partial charge in [0.2, 0.25) is 5.91 Å². The lowest BCUT2D eigenvalue weighted by atomic mass is 9.98. The number of hydrogen-bond donors (Lipinski definition) is 1. The Morgan fingerprint density at radius 3 is 2.90 bits per heavy atom. The Labute approximate surface area is 130 Å². The first-order valence-corrected chi connectivity index (χ1v) is 8.61. The van der Waals surface area contributed by atoms with Crippen molar-refractivity contribution in [1.82, 2.24) is 10.2 Å². The van der Waals surface area contributed by atoms with Gasteiger partial charge in [0.1, 0.15) is 6.17 Å². The molecule has 116 valence electrons. The predicted molar refractivity (Wildman–Crippen MR) is 84.2 cm³/mol. The van der Waals surface area contributed by atoms with Crippen LogP contribution in [0.15, 0.2) is 17.5 Å². The number of carbonyl (C=O) groups excluding carboxylic acids is 1. The summed E-state index contributed by atoms with van der Waals surface area (Å²) in [5.74, 6) is 0.195. The number of nitrogens with one attached hydrogen (secondary N) is 1. The molecule has 1 N–H and O–H groups in total. The molecule has 2 fully saturated rings. The van der Waals surface area contributed by atoms with Gasteiger partial charge in [-0.25, -0.2) is 0 Å². The Morgan fingerprint density at radius 1 is 1.52 bits per heavy atom. The molecule has 1 aromatic rings. The third-order valence-corrected chi connectivity index (χ3v) is 5.75. The molecule has 5 heteroatoms. The highest BCUT2D eigenvalue weighted by atomic mass is 32.1. The van der Waals surface area contributed by atoms with E-state index in [1.54, 1.807) is 11.3 Å². The smallest absolute Gasteiger partial charge is 0.244 e. The monoisotopic (exact) mass is 308 g/mol. The SMILES string of the molecule is CCC1(C)NC(c2cccs2)N(CC2(C)CCCO2)C1=O. The van der Waals surface area contributed by atoms with Crippen molar-refractivity contribution in [2.75, 3.05) is 13.2 Å². The van der Waals surface area contributed by atoms with Gasteiger partial charge in [-0.05, 0) is 44.6 Å². The van der Waals surface area contributed by atoms with Crippen molar-refractivity contribution in [3.05, 3.63) is 22.4 Å². The average molecular weight is 308 g/mol. The largest absolute Gasteiger partial charge is 0.373 e. The van der Waals surface area contributed by atoms with Crippen molar-refractivity contribution >= 4 is 17.2 Å². The summed E-state index contributed by atoms with van der Waals surface area (Å²) < 4.78 is 5.90. The van der Waals surface area contributed by atoms with Crippen LogP contribution < -0.4 is 5.32 Å². The first-order valence-electron chi connectivity index (χ1n) is 7.74. The highest BCUT2D eigenvalue weighted by Crippen LogP contribution is 2.37. The summed E-state index contributed by atoms with van der Waals surface area (Å²) in [7, 11) is 0. The number of ether oxygens (including phenoxy) is 1. The number of thiophene rings is 1. The van der Waals surface area contributed by atoms with Crippen LogP contribution in [0.5, 0.6) is 0 Å². The second-order valence-corrected chi connectivity index (χ2v) is 7.56. The zero-order chi connectivity index (χ0) is 15.1. The topological polar surface area (TPSA) is 41.6 Å². The van der Waals surface area contributed by atoms with Gasteiger partial charge in [0.25, 0.3) is 0 Å². The van der Waals surface area contributed by atoms with Gasteiger partial charge < -0.3 is 9.64 Å². The standard InChI is InChI=1S/C16H24N2O2S/c1-4-16(3)14(19)18(11-15(2)8-6-9-20-15)13(17-16)12-7-5-10-21-12/h5,7,10,13,17H,4,6,8-9,11H2,1-3H3. The number of rotatable bonds is 4. The van der Waals surface area contributed by atoms with Gasteiger partial charge in [0.05, 0.1) is 17.7 Å². The number of carbonyl (C=O) groups is 1. The van der Waals surface area contributed by atoms with E-state index in [9.17, 15) is 4.79 Å². The van der Waals surface area contributed by atoms with Crippen LogP contribution in [0.3, 0.4) is 0 Å². The Bertz CT molecular complexity index is 510. The molecule has 3 atom stereocenters. The molecule has 4 nitrogen and oxygen atoms in total. The molecule has 0 aliphatic carbocycles. The summed E-state index contributed by atoms with van der Waals surface area (Å²) in [6.07, 6.45) is 2.88. The zero-order valence-electron chi connectivity index (χ0n) is 13.0. The third kappa shape index (κ3) is 2.62. The maximum atomic E-state index is 12.9. The van der Waals surface area contributed by atoms with E-state index < -0.39 is 5.54 Å². The molecule has 3 unspecified atom stereocenters. The molecule has 0 saturated carbocycles. The Kier molecular flexibility index (Phi) is 3.84. The first kappa shape index (κ1) is 15.0. The van der Waals surface area contributed by atoms with E-state index in [2.05, 4.69) is 30.6 Å². The highest BCUT2D eigenvalue weighted by Gasteiger charge is 2.49. The van der Waals surface area contributed by atoms with Gasteiger partial charge in [0, 0.05) is 11.5 Å². The van der Waals surface area contributed by atoms with Crippen molar-refractivity contribution in [3.8, 4) is 0 Å². The Balaban J connectivity index is 1.88. The summed E-state index contributed by atoms with van der Waals surface area (Å²) in [6, 6.07) is 4.14. The molecule has 0 bridgehead atoms. The van der Waals surface area contributed by atoms with E-state index in [-0.39, 0.29) is 17.7 Å². The maximum Gasteiger partial charge on any atom is 0.244 e. The van der Waals surface area contributed by atoms with E-state index in [1.165, 1.54) is 4.88 Å². The lowest BCUT2D eigenvalue weighted by Gasteiger charge is -2.32. The lowest BCUT2D eigenvalue weighted by molar-refractivity contribution is -0.136. The number of nitrogens with zero attached hydrogens (tertiary/aromatic N) is 1. The summed E-state index contributed by atoms with van der Waals surface area (Å²) >= 11 is 1.70. The third-order valence-electron chi connectivity index (χ3n) is 4.82. The predicted octanol–water partition coefficient (Wildman–Crippen LogP) is 2.92. The average Bonchev–Trinajstić information content (AvgIpc) is 3.17. The number of amides is 1. The summed E-state index contributed by atoms with van der Waals surface area (Å²) in [5.41, 5.74) is -0.671. The fourth-order valence-corrected chi connectivity index (χ4v) is 4.07. The van der Waals surface area contributed by atoms with Crippen LogP contribution in [0.25, 0.3) is 0 Å². The van der Waals surface area contributed by atoms with Crippen LogP contribution in [-0.4, -0.2) is 35.1 Å². The molecule has 0 radical (unpaired) electrons. The lowest BCUT2D eigenvalue weighted by Crippen LogP contribution is -2.46. The van der Waals surface area contributed by atoms with E-state index in [1.807, 2.05) is 17.9 Å². The summed E-state index contributed by atoms with van der Waals surface area (Å²) in [6.45, 7) is 7.67. The van der Waals surface area contributed by atoms with Crippen molar-refractivity contribution in [3.63, 3.8) is 0 Å². The Morgan fingerprint density at radius 2 is 2.33 bits per heavy atom. The summed E-state index contributed by atoms with van der Waals surface area (Å²) in [4.78, 5) is 16.1. The van der Waals surface area contributed by atoms with Gasteiger partial charge in [-0.1, -0.05) is 13.0 Å².